The van der Waals surface area contributed by atoms with Gasteiger partial charge in [0, 0.05) is 23.5 Å². The van der Waals surface area contributed by atoms with Crippen LogP contribution in [-0.2, 0) is 30.7 Å². The van der Waals surface area contributed by atoms with E-state index in [0.717, 1.165) is 25.9 Å². The zero-order chi connectivity index (χ0) is 19.2. The van der Waals surface area contributed by atoms with Gasteiger partial charge in [-0.1, -0.05) is 19.3 Å². The first-order chi connectivity index (χ1) is 12.4. The quantitative estimate of drug-likeness (QED) is 0.427. The molecule has 4 N–H and O–H groups in total. The first-order valence-electron chi connectivity index (χ1n) is 10.0. The third-order valence-corrected chi connectivity index (χ3v) is 6.37. The molecule has 0 unspecified atom stereocenters. The predicted octanol–water partition coefficient (Wildman–Crippen LogP) is -0.886. The van der Waals surface area contributed by atoms with Crippen molar-refractivity contribution in [2.45, 2.75) is 88.8 Å². The van der Waals surface area contributed by atoms with Crippen molar-refractivity contribution in [1.82, 2.24) is 4.90 Å². The zero-order valence-electron chi connectivity index (χ0n) is 16.0. The van der Waals surface area contributed by atoms with Crippen molar-refractivity contribution in [3.8, 4) is 0 Å². The Hall–Kier alpha value is -0.492. The van der Waals surface area contributed by atoms with Gasteiger partial charge < -0.3 is 36.2 Å². The van der Waals surface area contributed by atoms with Crippen LogP contribution in [0.3, 0.4) is 0 Å². The monoisotopic (exact) mass is 562 g/mol. The molecule has 1 aliphatic heterocycles. The number of carbonyl (C=O) groups excluding carboxylic acids is 2. The Bertz CT molecular complexity index is 452. The molecule has 1 saturated heterocycles. The molecule has 8 heteroatoms. The van der Waals surface area contributed by atoms with Crippen molar-refractivity contribution < 1.29 is 40.9 Å². The van der Waals surface area contributed by atoms with E-state index in [1.54, 1.807) is 0 Å². The second kappa shape index (κ2) is 11.5. The van der Waals surface area contributed by atoms with E-state index in [1.807, 2.05) is 0 Å². The number of hydrogen-bond acceptors (Lipinski definition) is 7. The van der Waals surface area contributed by atoms with Gasteiger partial charge in [-0.2, -0.15) is 0 Å². The Kier molecular flexibility index (Phi) is 10.5. The summed E-state index contributed by atoms with van der Waals surface area (Å²) < 4.78 is 0. The van der Waals surface area contributed by atoms with Gasteiger partial charge in [0.15, 0.2) is 0 Å². The summed E-state index contributed by atoms with van der Waals surface area (Å²) >= 11 is 0. The van der Waals surface area contributed by atoms with Crippen LogP contribution < -0.4 is 21.7 Å². The number of carboxylic acid groups (broad SMARTS) is 2. The molecule has 3 aliphatic rings. The van der Waals surface area contributed by atoms with Crippen LogP contribution in [0.4, 0.5) is 0 Å². The van der Waals surface area contributed by atoms with Crippen LogP contribution in [0.5, 0.6) is 0 Å². The Labute approximate surface area is 176 Å². The van der Waals surface area contributed by atoms with Gasteiger partial charge in [-0.25, -0.2) is 0 Å². The van der Waals surface area contributed by atoms with E-state index in [1.165, 1.54) is 32.1 Å². The molecule has 3 fully saturated rings. The first-order valence-corrected chi connectivity index (χ1v) is 10.0. The number of carboxylic acids is 2. The molecule has 27 heavy (non-hydrogen) atoms. The summed E-state index contributed by atoms with van der Waals surface area (Å²) in [5.74, 6) is -2.97. The minimum Gasteiger partial charge on any atom is -0.549 e. The molecule has 0 amide bonds. The van der Waals surface area contributed by atoms with Crippen LogP contribution in [0.15, 0.2) is 0 Å². The fourth-order valence-electron chi connectivity index (χ4n) is 4.42. The number of carbonyl (C=O) groups is 2. The van der Waals surface area contributed by atoms with E-state index in [9.17, 15) is 19.8 Å². The fourth-order valence-corrected chi connectivity index (χ4v) is 4.42. The molecular formula is C19H33N3O4Pt. The maximum atomic E-state index is 11.1. The number of piperidine rings is 1. The second-order valence-electron chi connectivity index (χ2n) is 8.10. The Morgan fingerprint density at radius 1 is 0.778 bits per heavy atom. The van der Waals surface area contributed by atoms with E-state index in [2.05, 4.69) is 4.90 Å². The molecular weight excluding hydrogens is 529 g/mol. The second-order valence-corrected chi connectivity index (χ2v) is 8.10. The van der Waals surface area contributed by atoms with Crippen LogP contribution in [0, 0.1) is 5.41 Å². The van der Waals surface area contributed by atoms with E-state index < -0.39 is 17.4 Å². The van der Waals surface area contributed by atoms with E-state index in [4.69, 9.17) is 11.5 Å². The van der Waals surface area contributed by atoms with Gasteiger partial charge >= 0.3 is 21.1 Å². The van der Waals surface area contributed by atoms with Crippen LogP contribution in [-0.4, -0.2) is 48.1 Å². The van der Waals surface area contributed by atoms with Gasteiger partial charge in [0.2, 0.25) is 0 Å². The first kappa shape index (κ1) is 24.5. The summed E-state index contributed by atoms with van der Waals surface area (Å²) in [6, 6.07) is 0.893. The fraction of sp³-hybridized carbons (Fsp3) is 0.895. The zero-order valence-corrected chi connectivity index (χ0v) is 18.2. The topological polar surface area (TPSA) is 136 Å². The summed E-state index contributed by atoms with van der Waals surface area (Å²) in [6.07, 6.45) is 9.92. The largest absolute Gasteiger partial charge is 2.00 e. The maximum absolute atomic E-state index is 11.1. The molecule has 158 valence electrons. The van der Waals surface area contributed by atoms with Gasteiger partial charge in [0.1, 0.15) is 0 Å². The van der Waals surface area contributed by atoms with Crippen LogP contribution in [0.25, 0.3) is 0 Å². The van der Waals surface area contributed by atoms with Gasteiger partial charge in [0.25, 0.3) is 0 Å². The molecule has 2 aliphatic carbocycles. The molecule has 0 bridgehead atoms. The molecule has 0 aromatic rings. The van der Waals surface area contributed by atoms with E-state index >= 15 is 0 Å². The van der Waals surface area contributed by atoms with Crippen molar-refractivity contribution in [3.05, 3.63) is 0 Å². The Morgan fingerprint density at radius 3 is 1.59 bits per heavy atom. The maximum Gasteiger partial charge on any atom is 2.00 e. The summed E-state index contributed by atoms with van der Waals surface area (Å²) in [7, 11) is 0. The molecule has 1 heterocycles. The van der Waals surface area contributed by atoms with E-state index in [-0.39, 0.29) is 46.0 Å². The molecule has 0 aromatic carbocycles. The Balaban J connectivity index is 0.000000342. The molecule has 0 aromatic heterocycles. The normalized spacial score (nSPS) is 29.0. The van der Waals surface area contributed by atoms with Crippen molar-refractivity contribution in [1.29, 1.82) is 0 Å². The van der Waals surface area contributed by atoms with Gasteiger partial charge in [-0.05, 0) is 64.5 Å². The number of nitrogens with two attached hydrogens (primary N) is 2. The van der Waals surface area contributed by atoms with E-state index in [0.29, 0.717) is 18.9 Å². The molecule has 0 spiro atoms. The molecule has 2 atom stereocenters. The average Bonchev–Trinajstić information content (AvgIpc) is 2.65. The molecule has 0 radical (unpaired) electrons. The third kappa shape index (κ3) is 6.52. The minimum atomic E-state index is -1.76. The summed E-state index contributed by atoms with van der Waals surface area (Å²) in [5, 5.41) is 22.1. The molecule has 2 saturated carbocycles. The van der Waals surface area contributed by atoms with Crippen LogP contribution >= 0.6 is 0 Å². The van der Waals surface area contributed by atoms with Crippen molar-refractivity contribution in [2.24, 2.45) is 16.9 Å². The molecule has 7 nitrogen and oxygen atoms in total. The third-order valence-electron chi connectivity index (χ3n) is 6.37. The van der Waals surface area contributed by atoms with Crippen molar-refractivity contribution >= 4 is 11.9 Å². The average molecular weight is 563 g/mol. The number of likely N-dealkylation sites (tertiary alicyclic amines) is 1. The summed E-state index contributed by atoms with van der Waals surface area (Å²) in [5.41, 5.74) is 9.55. The predicted molar refractivity (Wildman–Crippen MR) is 94.5 cm³/mol. The molecule has 3 rings (SSSR count). The standard InChI is InChI=1S/C13H21NO4.C6H14N2.Pt/c15-11(16)13(12(17)18)6-4-10(5-7-13)14-8-2-1-3-9-14;7-5-3-1-2-4-6(5)8;/h10H,1-9H2,(H,15,16)(H,17,18);5-6H,1-4,7-8H2;/q;;+2/p-2/t;5-,6-;/m.0./s1. The number of hydrogen-bond donors (Lipinski definition) is 2. The van der Waals surface area contributed by atoms with Crippen molar-refractivity contribution in [3.63, 3.8) is 0 Å². The smallest absolute Gasteiger partial charge is 0.549 e. The number of nitrogens with zero attached hydrogens (tertiary/aromatic N) is 1. The van der Waals surface area contributed by atoms with Gasteiger partial charge in [-0.15, -0.1) is 0 Å². The van der Waals surface area contributed by atoms with Gasteiger partial charge in [0.05, 0.1) is 11.9 Å². The number of rotatable bonds is 3. The Morgan fingerprint density at radius 2 is 1.22 bits per heavy atom. The summed E-state index contributed by atoms with van der Waals surface area (Å²) in [6.45, 7) is 2.10. The minimum absolute atomic E-state index is 0. The summed E-state index contributed by atoms with van der Waals surface area (Å²) in [4.78, 5) is 24.5. The van der Waals surface area contributed by atoms with Crippen LogP contribution in [0.2, 0.25) is 0 Å². The number of aliphatic carboxylic acids is 2. The van der Waals surface area contributed by atoms with Crippen molar-refractivity contribution in [2.75, 3.05) is 13.1 Å². The van der Waals surface area contributed by atoms with Crippen LogP contribution in [0.1, 0.15) is 70.6 Å². The SMILES string of the molecule is N[C@H]1CCCC[C@@H]1N.O=C([O-])C1(C(=O)[O-])CCC(N2CCCCC2)CC1.[Pt+2]. The van der Waals surface area contributed by atoms with Gasteiger partial charge in [-0.3, -0.25) is 0 Å².